The molecule has 6 nitrogen and oxygen atoms in total. The van der Waals surface area contributed by atoms with Crippen molar-refractivity contribution in [2.45, 2.75) is 31.8 Å². The lowest BCUT2D eigenvalue weighted by atomic mass is 10.1. The Morgan fingerprint density at radius 3 is 2.94 bits per heavy atom. The van der Waals surface area contributed by atoms with Crippen molar-refractivity contribution in [3.63, 3.8) is 0 Å². The molecule has 2 atom stereocenters. The Balaban J connectivity index is 1.55. The van der Waals surface area contributed by atoms with Gasteiger partial charge in [-0.1, -0.05) is 5.21 Å². The van der Waals surface area contributed by atoms with Crippen LogP contribution in [0.4, 0.5) is 0 Å². The molecule has 2 unspecified atom stereocenters. The number of hydrogen-bond acceptors (Lipinski definition) is 4. The monoisotopic (exact) mass is 236 g/mol. The summed E-state index contributed by atoms with van der Waals surface area (Å²) in [6, 6.07) is 0.752. The summed E-state index contributed by atoms with van der Waals surface area (Å²) >= 11 is 0. The molecule has 0 amide bonds. The van der Waals surface area contributed by atoms with Gasteiger partial charge in [-0.3, -0.25) is 9.58 Å². The van der Waals surface area contributed by atoms with E-state index in [1.165, 1.54) is 32.0 Å². The number of aromatic carboxylic acids is 1. The molecule has 2 fully saturated rings. The lowest BCUT2D eigenvalue weighted by Gasteiger charge is -2.26. The highest BCUT2D eigenvalue weighted by molar-refractivity contribution is 5.84. The fourth-order valence-electron chi connectivity index (χ4n) is 3.04. The molecule has 1 N–H and O–H groups in total. The van der Waals surface area contributed by atoms with Crippen molar-refractivity contribution < 1.29 is 9.90 Å². The maximum absolute atomic E-state index is 10.7. The van der Waals surface area contributed by atoms with Crippen LogP contribution in [0.25, 0.3) is 0 Å². The highest BCUT2D eigenvalue weighted by Gasteiger charge is 2.37. The van der Waals surface area contributed by atoms with Crippen LogP contribution in [0.15, 0.2) is 6.20 Å². The second kappa shape index (κ2) is 4.10. The molecule has 1 aromatic rings. The number of likely N-dealkylation sites (tertiary alicyclic amines) is 1. The molecule has 17 heavy (non-hydrogen) atoms. The van der Waals surface area contributed by atoms with Gasteiger partial charge in [-0.05, 0) is 25.2 Å². The highest BCUT2D eigenvalue weighted by Crippen LogP contribution is 2.36. The van der Waals surface area contributed by atoms with Gasteiger partial charge in [0, 0.05) is 19.1 Å². The summed E-state index contributed by atoms with van der Waals surface area (Å²) in [4.78, 5) is 13.1. The largest absolute Gasteiger partial charge is 0.476 e. The zero-order valence-corrected chi connectivity index (χ0v) is 9.62. The second-order valence-corrected chi connectivity index (χ2v) is 5.00. The molecule has 1 aliphatic carbocycles. The van der Waals surface area contributed by atoms with E-state index in [0.29, 0.717) is 0 Å². The third kappa shape index (κ3) is 2.04. The molecule has 0 spiro atoms. The lowest BCUT2D eigenvalue weighted by molar-refractivity contribution is 0.0690. The molecule has 92 valence electrons. The molecule has 0 radical (unpaired) electrons. The molecule has 0 aromatic carbocycles. The Morgan fingerprint density at radius 1 is 1.47 bits per heavy atom. The standard InChI is InChI=1S/C11H16N4O2/c16-11(17)10-7-15(13-12-10)4-3-14-6-8-1-2-9(14)5-8/h7-9H,1-6H2,(H,16,17). The van der Waals surface area contributed by atoms with E-state index in [1.807, 2.05) is 0 Å². The van der Waals surface area contributed by atoms with E-state index in [1.54, 1.807) is 4.68 Å². The number of rotatable bonds is 4. The quantitative estimate of drug-likeness (QED) is 0.822. The first kappa shape index (κ1) is 10.7. The summed E-state index contributed by atoms with van der Waals surface area (Å²) in [6.07, 6.45) is 5.55. The van der Waals surface area contributed by atoms with Crippen molar-refractivity contribution in [2.75, 3.05) is 13.1 Å². The first-order chi connectivity index (χ1) is 8.22. The van der Waals surface area contributed by atoms with Gasteiger partial charge in [0.2, 0.25) is 0 Å². The van der Waals surface area contributed by atoms with Crippen molar-refractivity contribution in [3.8, 4) is 0 Å². The van der Waals surface area contributed by atoms with Crippen molar-refractivity contribution in [1.29, 1.82) is 0 Å². The smallest absolute Gasteiger partial charge is 0.358 e. The zero-order valence-electron chi connectivity index (χ0n) is 9.62. The first-order valence-corrected chi connectivity index (χ1v) is 6.10. The van der Waals surface area contributed by atoms with E-state index in [4.69, 9.17) is 5.11 Å². The number of carbonyl (C=O) groups is 1. The van der Waals surface area contributed by atoms with Crippen LogP contribution in [-0.2, 0) is 6.54 Å². The van der Waals surface area contributed by atoms with Gasteiger partial charge in [0.05, 0.1) is 12.7 Å². The van der Waals surface area contributed by atoms with Crippen LogP contribution >= 0.6 is 0 Å². The Bertz CT molecular complexity index is 431. The minimum absolute atomic E-state index is 0.0212. The summed E-state index contributed by atoms with van der Waals surface area (Å²) in [5, 5.41) is 16.2. The van der Waals surface area contributed by atoms with Crippen LogP contribution in [0.2, 0.25) is 0 Å². The predicted molar refractivity (Wildman–Crippen MR) is 59.7 cm³/mol. The van der Waals surface area contributed by atoms with E-state index >= 15 is 0 Å². The zero-order chi connectivity index (χ0) is 11.8. The van der Waals surface area contributed by atoms with Gasteiger partial charge in [-0.2, -0.15) is 0 Å². The number of carboxylic acids is 1. The second-order valence-electron chi connectivity index (χ2n) is 5.00. The molecule has 6 heteroatoms. The van der Waals surface area contributed by atoms with Gasteiger partial charge < -0.3 is 5.11 Å². The van der Waals surface area contributed by atoms with Crippen molar-refractivity contribution in [1.82, 2.24) is 19.9 Å². The van der Waals surface area contributed by atoms with E-state index in [-0.39, 0.29) is 5.69 Å². The minimum Gasteiger partial charge on any atom is -0.476 e. The number of nitrogens with zero attached hydrogens (tertiary/aromatic N) is 4. The molecular weight excluding hydrogens is 220 g/mol. The Morgan fingerprint density at radius 2 is 2.35 bits per heavy atom. The van der Waals surface area contributed by atoms with Crippen LogP contribution in [0, 0.1) is 5.92 Å². The minimum atomic E-state index is -1.02. The average molecular weight is 236 g/mol. The van der Waals surface area contributed by atoms with Crippen molar-refractivity contribution in [2.24, 2.45) is 5.92 Å². The van der Waals surface area contributed by atoms with Crippen LogP contribution < -0.4 is 0 Å². The summed E-state index contributed by atoms with van der Waals surface area (Å²) in [5.74, 6) is -0.123. The molecule has 2 heterocycles. The number of aromatic nitrogens is 3. The molecule has 2 aliphatic rings. The highest BCUT2D eigenvalue weighted by atomic mass is 16.4. The number of hydrogen-bond donors (Lipinski definition) is 1. The molecular formula is C11H16N4O2. The topological polar surface area (TPSA) is 71.2 Å². The molecule has 1 aromatic heterocycles. The third-order valence-electron chi connectivity index (χ3n) is 3.90. The van der Waals surface area contributed by atoms with Gasteiger partial charge in [-0.15, -0.1) is 5.10 Å². The van der Waals surface area contributed by atoms with Gasteiger partial charge in [-0.25, -0.2) is 4.79 Å². The molecule has 3 rings (SSSR count). The van der Waals surface area contributed by atoms with E-state index in [2.05, 4.69) is 15.2 Å². The van der Waals surface area contributed by atoms with Gasteiger partial charge in [0.1, 0.15) is 0 Å². The van der Waals surface area contributed by atoms with E-state index < -0.39 is 5.97 Å². The lowest BCUT2D eigenvalue weighted by Crippen LogP contribution is -2.34. The predicted octanol–water partition coefficient (Wildman–Crippen LogP) is 0.461. The third-order valence-corrected chi connectivity index (χ3v) is 3.90. The Kier molecular flexibility index (Phi) is 2.58. The van der Waals surface area contributed by atoms with Crippen LogP contribution in [0.3, 0.4) is 0 Å². The Labute approximate surface area is 99.2 Å². The summed E-state index contributed by atoms with van der Waals surface area (Å²) < 4.78 is 1.62. The Hall–Kier alpha value is -1.43. The van der Waals surface area contributed by atoms with Crippen molar-refractivity contribution in [3.05, 3.63) is 11.9 Å². The van der Waals surface area contributed by atoms with Gasteiger partial charge >= 0.3 is 5.97 Å². The maximum Gasteiger partial charge on any atom is 0.358 e. The normalized spacial score (nSPS) is 27.8. The van der Waals surface area contributed by atoms with Crippen LogP contribution in [-0.4, -0.2) is 50.1 Å². The summed E-state index contributed by atoms with van der Waals surface area (Å²) in [5.41, 5.74) is 0.0212. The molecule has 2 bridgehead atoms. The molecule has 1 saturated heterocycles. The number of fused-ring (bicyclic) bond motifs is 2. The van der Waals surface area contributed by atoms with Crippen molar-refractivity contribution >= 4 is 5.97 Å². The van der Waals surface area contributed by atoms with Crippen LogP contribution in [0.5, 0.6) is 0 Å². The van der Waals surface area contributed by atoms with E-state index in [9.17, 15) is 4.79 Å². The van der Waals surface area contributed by atoms with Gasteiger partial charge in [0.15, 0.2) is 5.69 Å². The average Bonchev–Trinajstić information content (AvgIpc) is 3.02. The van der Waals surface area contributed by atoms with Gasteiger partial charge in [0.25, 0.3) is 0 Å². The van der Waals surface area contributed by atoms with E-state index in [0.717, 1.165) is 25.0 Å². The number of carboxylic acid groups (broad SMARTS) is 1. The molecule has 1 aliphatic heterocycles. The fraction of sp³-hybridized carbons (Fsp3) is 0.727. The fourth-order valence-corrected chi connectivity index (χ4v) is 3.04. The maximum atomic E-state index is 10.7. The summed E-state index contributed by atoms with van der Waals surface area (Å²) in [7, 11) is 0. The molecule has 1 saturated carbocycles. The summed E-state index contributed by atoms with van der Waals surface area (Å²) in [6.45, 7) is 2.87. The number of piperidine rings is 1. The SMILES string of the molecule is O=C(O)c1cn(CCN2CC3CCC2C3)nn1. The van der Waals surface area contributed by atoms with Crippen LogP contribution in [0.1, 0.15) is 29.8 Å². The first-order valence-electron chi connectivity index (χ1n) is 6.10.